The Morgan fingerprint density at radius 3 is 1.46 bits per heavy atom. The fourth-order valence-electron chi connectivity index (χ4n) is 0.733. The zero-order valence-electron chi connectivity index (χ0n) is 7.69. The first-order chi connectivity index (χ1) is 6.24. The summed E-state index contributed by atoms with van der Waals surface area (Å²) in [6, 6.07) is 0. The fourth-order valence-corrected chi connectivity index (χ4v) is 0.733. The Labute approximate surface area is 77.0 Å². The van der Waals surface area contributed by atoms with Gasteiger partial charge in [-0.05, 0) is 6.92 Å². The topological polar surface area (TPSA) is 115 Å². The van der Waals surface area contributed by atoms with Crippen molar-refractivity contribution in [2.75, 3.05) is 26.8 Å². The van der Waals surface area contributed by atoms with Gasteiger partial charge in [-0.1, -0.05) is 0 Å². The molecule has 0 aliphatic rings. The van der Waals surface area contributed by atoms with E-state index in [0.29, 0.717) is 6.61 Å². The Bertz CT molecular complexity index is 94.9. The molecule has 0 radical (unpaired) electrons. The Balaban J connectivity index is 4.19. The van der Waals surface area contributed by atoms with Crippen molar-refractivity contribution in [2.24, 2.45) is 17.2 Å². The summed E-state index contributed by atoms with van der Waals surface area (Å²) in [5.74, 6) is 0. The lowest BCUT2D eigenvalue weighted by molar-refractivity contribution is -0.497. The highest BCUT2D eigenvalue weighted by atomic mass is 17.0. The van der Waals surface area contributed by atoms with E-state index < -0.39 is 6.16 Å². The largest absolute Gasteiger partial charge is 0.416 e. The first-order valence-corrected chi connectivity index (χ1v) is 3.90. The van der Waals surface area contributed by atoms with Crippen molar-refractivity contribution >= 4 is 0 Å². The lowest BCUT2D eigenvalue weighted by Gasteiger charge is -2.29. The fraction of sp³-hybridized carbons (Fsp3) is 1.00. The molecule has 0 fully saturated rings. The molecule has 80 valence electrons. The first-order valence-electron chi connectivity index (χ1n) is 3.90. The van der Waals surface area contributed by atoms with Crippen LogP contribution in [0.5, 0.6) is 0 Å². The van der Waals surface area contributed by atoms with Gasteiger partial charge in [0.1, 0.15) is 20.2 Å². The van der Waals surface area contributed by atoms with Gasteiger partial charge in [0.15, 0.2) is 0 Å². The van der Waals surface area contributed by atoms with Gasteiger partial charge in [-0.25, -0.2) is 0 Å². The van der Waals surface area contributed by atoms with Crippen LogP contribution in [0.25, 0.3) is 0 Å². The standard InChI is InChI=1S/C6H17N3O4/c1-2-10-6(11-3-7,12-4-8)13-5-9/h2-5,7-9H2,1H3. The van der Waals surface area contributed by atoms with E-state index >= 15 is 0 Å². The van der Waals surface area contributed by atoms with Crippen molar-refractivity contribution in [3.05, 3.63) is 0 Å². The van der Waals surface area contributed by atoms with Gasteiger partial charge in [0.05, 0.1) is 6.61 Å². The summed E-state index contributed by atoms with van der Waals surface area (Å²) in [6.45, 7) is 1.69. The van der Waals surface area contributed by atoms with E-state index in [0.717, 1.165) is 0 Å². The van der Waals surface area contributed by atoms with Crippen molar-refractivity contribution in [3.63, 3.8) is 0 Å². The number of nitrogens with two attached hydrogens (primary N) is 3. The van der Waals surface area contributed by atoms with Crippen LogP contribution in [0.15, 0.2) is 0 Å². The van der Waals surface area contributed by atoms with E-state index in [1.165, 1.54) is 0 Å². The minimum Gasteiger partial charge on any atom is -0.308 e. The molecule has 0 aromatic heterocycles. The van der Waals surface area contributed by atoms with Gasteiger partial charge in [0.2, 0.25) is 0 Å². The average molecular weight is 195 g/mol. The summed E-state index contributed by atoms with van der Waals surface area (Å²) in [4.78, 5) is 0. The van der Waals surface area contributed by atoms with Gasteiger partial charge in [0.25, 0.3) is 0 Å². The molecule has 6 N–H and O–H groups in total. The predicted octanol–water partition coefficient (Wildman–Crippen LogP) is -1.57. The molecule has 0 aromatic rings. The minimum atomic E-state index is -1.67. The predicted molar refractivity (Wildman–Crippen MR) is 44.8 cm³/mol. The molecule has 0 saturated carbocycles. The number of hydrogen-bond donors (Lipinski definition) is 3. The quantitative estimate of drug-likeness (QED) is 0.401. The van der Waals surface area contributed by atoms with Gasteiger partial charge in [-0.2, -0.15) is 0 Å². The van der Waals surface area contributed by atoms with Crippen LogP contribution in [0.2, 0.25) is 0 Å². The molecule has 13 heavy (non-hydrogen) atoms. The molecule has 0 aromatic carbocycles. The maximum atomic E-state index is 5.16. The van der Waals surface area contributed by atoms with Crippen LogP contribution in [0.4, 0.5) is 0 Å². The van der Waals surface area contributed by atoms with Crippen LogP contribution >= 0.6 is 0 Å². The molecule has 0 atom stereocenters. The second kappa shape index (κ2) is 7.15. The maximum Gasteiger partial charge on any atom is 0.416 e. The monoisotopic (exact) mass is 195 g/mol. The molecule has 0 unspecified atom stereocenters. The van der Waals surface area contributed by atoms with Crippen molar-refractivity contribution < 1.29 is 18.9 Å². The normalized spacial score (nSPS) is 12.0. The maximum absolute atomic E-state index is 5.16. The molecule has 7 heteroatoms. The van der Waals surface area contributed by atoms with Crippen molar-refractivity contribution in [1.29, 1.82) is 0 Å². The van der Waals surface area contributed by atoms with Gasteiger partial charge in [-0.3, -0.25) is 14.2 Å². The first kappa shape index (κ1) is 12.7. The third-order valence-electron chi connectivity index (χ3n) is 1.10. The number of hydrogen-bond acceptors (Lipinski definition) is 7. The highest BCUT2D eigenvalue weighted by molar-refractivity contribution is 4.39. The van der Waals surface area contributed by atoms with Crippen LogP contribution in [-0.4, -0.2) is 33.0 Å². The van der Waals surface area contributed by atoms with Gasteiger partial charge in [-0.15, -0.1) is 0 Å². The summed E-state index contributed by atoms with van der Waals surface area (Å²) in [5.41, 5.74) is 15.5. The minimum absolute atomic E-state index is 0.125. The van der Waals surface area contributed by atoms with Crippen LogP contribution in [0, 0.1) is 0 Å². The molecule has 0 amide bonds. The third kappa shape index (κ3) is 4.48. The average Bonchev–Trinajstić information content (AvgIpc) is 2.06. The smallest absolute Gasteiger partial charge is 0.308 e. The summed E-state index contributed by atoms with van der Waals surface area (Å²) in [5, 5.41) is 0. The SMILES string of the molecule is CCOC(OCN)(OCN)OCN. The van der Waals surface area contributed by atoms with E-state index in [-0.39, 0.29) is 20.2 Å². The lowest BCUT2D eigenvalue weighted by Crippen LogP contribution is -2.46. The van der Waals surface area contributed by atoms with Crippen LogP contribution in [-0.2, 0) is 18.9 Å². The van der Waals surface area contributed by atoms with Crippen molar-refractivity contribution in [2.45, 2.75) is 13.1 Å². The van der Waals surface area contributed by atoms with E-state index in [9.17, 15) is 0 Å². The molecule has 0 saturated heterocycles. The van der Waals surface area contributed by atoms with E-state index in [4.69, 9.17) is 36.1 Å². The number of ether oxygens (including phenoxy) is 4. The molecule has 0 heterocycles. The van der Waals surface area contributed by atoms with Crippen LogP contribution in [0.1, 0.15) is 6.92 Å². The molecule has 0 spiro atoms. The molecule has 7 nitrogen and oxygen atoms in total. The number of rotatable bonds is 8. The molecule has 0 rings (SSSR count). The summed E-state index contributed by atoms with van der Waals surface area (Å²) in [7, 11) is 0. The Morgan fingerprint density at radius 1 is 0.846 bits per heavy atom. The lowest BCUT2D eigenvalue weighted by atomic mass is 10.8. The highest BCUT2D eigenvalue weighted by Gasteiger charge is 2.34. The molecule has 0 aliphatic carbocycles. The van der Waals surface area contributed by atoms with E-state index in [1.807, 2.05) is 0 Å². The van der Waals surface area contributed by atoms with Crippen molar-refractivity contribution in [1.82, 2.24) is 0 Å². The molecular formula is C6H17N3O4. The summed E-state index contributed by atoms with van der Waals surface area (Å²) >= 11 is 0. The molecular weight excluding hydrogens is 178 g/mol. The Morgan fingerprint density at radius 2 is 1.23 bits per heavy atom. The van der Waals surface area contributed by atoms with Crippen LogP contribution < -0.4 is 17.2 Å². The highest BCUT2D eigenvalue weighted by Crippen LogP contribution is 2.15. The zero-order valence-corrected chi connectivity index (χ0v) is 7.69. The summed E-state index contributed by atoms with van der Waals surface area (Å²) in [6.07, 6.45) is -1.67. The van der Waals surface area contributed by atoms with Crippen LogP contribution in [0.3, 0.4) is 0 Å². The van der Waals surface area contributed by atoms with E-state index in [2.05, 4.69) is 0 Å². The Hall–Kier alpha value is -0.280. The zero-order chi connectivity index (χ0) is 10.2. The molecule has 0 bridgehead atoms. The Kier molecular flexibility index (Phi) is 7.00. The second-order valence-corrected chi connectivity index (χ2v) is 1.87. The van der Waals surface area contributed by atoms with Gasteiger partial charge in [0, 0.05) is 0 Å². The van der Waals surface area contributed by atoms with E-state index in [1.54, 1.807) is 6.92 Å². The third-order valence-corrected chi connectivity index (χ3v) is 1.10. The second-order valence-electron chi connectivity index (χ2n) is 1.87. The van der Waals surface area contributed by atoms with Crippen molar-refractivity contribution in [3.8, 4) is 0 Å². The summed E-state index contributed by atoms with van der Waals surface area (Å²) < 4.78 is 19.8. The van der Waals surface area contributed by atoms with Gasteiger partial charge >= 0.3 is 6.16 Å². The van der Waals surface area contributed by atoms with Gasteiger partial charge < -0.3 is 21.9 Å². The molecule has 0 aliphatic heterocycles.